The summed E-state index contributed by atoms with van der Waals surface area (Å²) < 4.78 is 99.1. The molecular weight excluding hydrogens is 633 g/mol. The summed E-state index contributed by atoms with van der Waals surface area (Å²) in [5, 5.41) is 4.40. The SMILES string of the molecule is CC(C)C(C(=O)C(F)(F)C(F)(F)C(F)(F)F)N1CC=C1C(=O)NC(=O)[C@@H](NC(=O)c1ccc(C(=O)N2CCOCC2)cc1)C(C)C. The van der Waals surface area contributed by atoms with E-state index in [1.807, 2.05) is 5.32 Å². The Morgan fingerprint density at radius 3 is 1.80 bits per heavy atom. The van der Waals surface area contributed by atoms with Gasteiger partial charge in [-0.05, 0) is 42.2 Å². The summed E-state index contributed by atoms with van der Waals surface area (Å²) in [5.74, 6) is -20.8. The monoisotopic (exact) mass is 666 g/mol. The van der Waals surface area contributed by atoms with Crippen LogP contribution in [0.25, 0.3) is 0 Å². The quantitative estimate of drug-likeness (QED) is 0.348. The van der Waals surface area contributed by atoms with Gasteiger partial charge in [0.05, 0.1) is 19.3 Å². The van der Waals surface area contributed by atoms with E-state index in [0.29, 0.717) is 36.8 Å². The number of halogens is 7. The van der Waals surface area contributed by atoms with Crippen molar-refractivity contribution < 1.29 is 59.4 Å². The van der Waals surface area contributed by atoms with E-state index in [-0.39, 0.29) is 11.5 Å². The third-order valence-corrected chi connectivity index (χ3v) is 7.48. The Bertz CT molecular complexity index is 1370. The van der Waals surface area contributed by atoms with E-state index in [1.54, 1.807) is 4.90 Å². The molecule has 46 heavy (non-hydrogen) atoms. The molecule has 3 rings (SSSR count). The lowest BCUT2D eigenvalue weighted by molar-refractivity contribution is -0.344. The van der Waals surface area contributed by atoms with E-state index < -0.39 is 77.7 Å². The first-order valence-corrected chi connectivity index (χ1v) is 14.2. The molecule has 2 aliphatic heterocycles. The van der Waals surface area contributed by atoms with Gasteiger partial charge >= 0.3 is 18.0 Å². The zero-order chi connectivity index (χ0) is 34.8. The van der Waals surface area contributed by atoms with E-state index in [0.717, 1.165) is 19.9 Å². The number of morpholine rings is 1. The smallest absolute Gasteiger partial charge is 0.378 e. The van der Waals surface area contributed by atoms with Gasteiger partial charge in [-0.3, -0.25) is 29.3 Å². The van der Waals surface area contributed by atoms with Crippen LogP contribution in [0.3, 0.4) is 0 Å². The molecule has 1 saturated heterocycles. The minimum absolute atomic E-state index is 0.0751. The van der Waals surface area contributed by atoms with Crippen molar-refractivity contribution in [1.82, 2.24) is 20.4 Å². The molecule has 1 aromatic carbocycles. The minimum Gasteiger partial charge on any atom is -0.378 e. The minimum atomic E-state index is -6.73. The van der Waals surface area contributed by atoms with Crippen LogP contribution < -0.4 is 10.6 Å². The average molecular weight is 667 g/mol. The van der Waals surface area contributed by atoms with E-state index >= 15 is 0 Å². The molecule has 0 spiro atoms. The van der Waals surface area contributed by atoms with Crippen LogP contribution in [0.4, 0.5) is 30.7 Å². The van der Waals surface area contributed by atoms with Gasteiger partial charge in [-0.1, -0.05) is 27.7 Å². The van der Waals surface area contributed by atoms with Crippen LogP contribution in [-0.4, -0.2) is 102 Å². The molecule has 0 saturated carbocycles. The lowest BCUT2D eigenvalue weighted by Crippen LogP contribution is -2.63. The number of carbonyl (C=O) groups is 5. The maximum Gasteiger partial charge on any atom is 0.460 e. The highest BCUT2D eigenvalue weighted by Gasteiger charge is 2.77. The van der Waals surface area contributed by atoms with Crippen LogP contribution in [0.15, 0.2) is 36.0 Å². The summed E-state index contributed by atoms with van der Waals surface area (Å²) in [4.78, 5) is 66.1. The van der Waals surface area contributed by atoms with Crippen LogP contribution in [0.1, 0.15) is 48.4 Å². The van der Waals surface area contributed by atoms with Gasteiger partial charge in [-0.15, -0.1) is 0 Å². The topological polar surface area (TPSA) is 125 Å². The molecule has 1 fully saturated rings. The van der Waals surface area contributed by atoms with Gasteiger partial charge in [0.15, 0.2) is 0 Å². The number of ether oxygens (including phenoxy) is 1. The van der Waals surface area contributed by atoms with Gasteiger partial charge in [0.2, 0.25) is 11.7 Å². The number of nitrogens with zero attached hydrogens (tertiary/aromatic N) is 2. The maximum absolute atomic E-state index is 14.3. The largest absolute Gasteiger partial charge is 0.460 e. The second kappa shape index (κ2) is 13.8. The van der Waals surface area contributed by atoms with Crippen molar-refractivity contribution in [2.45, 2.75) is 57.8 Å². The fourth-order valence-electron chi connectivity index (χ4n) is 4.82. The second-order valence-electron chi connectivity index (χ2n) is 11.4. The van der Waals surface area contributed by atoms with Crippen molar-refractivity contribution in [1.29, 1.82) is 0 Å². The summed E-state index contributed by atoms with van der Waals surface area (Å²) in [6.07, 6.45) is -5.67. The Morgan fingerprint density at radius 1 is 0.804 bits per heavy atom. The molecule has 2 atom stereocenters. The van der Waals surface area contributed by atoms with Crippen molar-refractivity contribution in [2.24, 2.45) is 11.8 Å². The molecule has 2 aliphatic rings. The van der Waals surface area contributed by atoms with Crippen LogP contribution in [-0.2, 0) is 19.1 Å². The highest BCUT2D eigenvalue weighted by Crippen LogP contribution is 2.48. The number of alkyl halides is 7. The normalized spacial score (nSPS) is 17.2. The molecule has 2 heterocycles. The van der Waals surface area contributed by atoms with Crippen LogP contribution >= 0.6 is 0 Å². The lowest BCUT2D eigenvalue weighted by Gasteiger charge is -2.42. The Balaban J connectivity index is 1.69. The maximum atomic E-state index is 14.3. The van der Waals surface area contributed by atoms with Gasteiger partial charge in [0.1, 0.15) is 11.7 Å². The number of nitrogens with one attached hydrogen (secondary N) is 2. The molecular formula is C29H33F7N4O6. The first-order chi connectivity index (χ1) is 21.2. The average Bonchev–Trinajstić information content (AvgIpc) is 2.96. The van der Waals surface area contributed by atoms with Crippen molar-refractivity contribution in [3.8, 4) is 0 Å². The van der Waals surface area contributed by atoms with E-state index in [1.165, 1.54) is 38.1 Å². The Kier molecular flexibility index (Phi) is 10.9. The molecule has 0 radical (unpaired) electrons. The predicted octanol–water partition coefficient (Wildman–Crippen LogP) is 3.18. The van der Waals surface area contributed by atoms with E-state index in [2.05, 4.69) is 5.32 Å². The molecule has 0 aromatic heterocycles. The number of Topliss-reactive ketones (excluding diaryl/α,β-unsaturated/α-hetero) is 1. The fourth-order valence-corrected chi connectivity index (χ4v) is 4.82. The Morgan fingerprint density at radius 2 is 1.35 bits per heavy atom. The summed E-state index contributed by atoms with van der Waals surface area (Å²) in [6.45, 7) is 6.47. The summed E-state index contributed by atoms with van der Waals surface area (Å²) in [7, 11) is 0. The molecule has 1 unspecified atom stereocenters. The fraction of sp³-hybridized carbons (Fsp3) is 0.552. The van der Waals surface area contributed by atoms with Gasteiger partial charge in [-0.25, -0.2) is 0 Å². The number of imide groups is 1. The van der Waals surface area contributed by atoms with Gasteiger partial charge in [0.25, 0.3) is 17.7 Å². The summed E-state index contributed by atoms with van der Waals surface area (Å²) in [6, 6.07) is 1.97. The Labute approximate surface area is 259 Å². The van der Waals surface area contributed by atoms with Crippen molar-refractivity contribution in [3.05, 3.63) is 47.2 Å². The van der Waals surface area contributed by atoms with Crippen LogP contribution in [0, 0.1) is 11.8 Å². The van der Waals surface area contributed by atoms with Crippen molar-refractivity contribution in [3.63, 3.8) is 0 Å². The third-order valence-electron chi connectivity index (χ3n) is 7.48. The number of benzene rings is 1. The molecule has 1 aromatic rings. The van der Waals surface area contributed by atoms with Gasteiger partial charge < -0.3 is 19.9 Å². The lowest BCUT2D eigenvalue weighted by atomic mass is 9.89. The molecule has 17 heteroatoms. The van der Waals surface area contributed by atoms with Crippen molar-refractivity contribution in [2.75, 3.05) is 32.8 Å². The highest BCUT2D eigenvalue weighted by molar-refractivity contribution is 6.08. The number of carbonyl (C=O) groups excluding carboxylic acids is 5. The number of ketones is 1. The molecule has 0 aliphatic carbocycles. The van der Waals surface area contributed by atoms with Crippen molar-refractivity contribution >= 4 is 29.4 Å². The van der Waals surface area contributed by atoms with E-state index in [9.17, 15) is 54.7 Å². The van der Waals surface area contributed by atoms with E-state index in [4.69, 9.17) is 4.74 Å². The molecule has 0 bridgehead atoms. The molecule has 2 N–H and O–H groups in total. The first kappa shape index (κ1) is 36.4. The number of rotatable bonds is 11. The summed E-state index contributed by atoms with van der Waals surface area (Å²) >= 11 is 0. The van der Waals surface area contributed by atoms with Gasteiger partial charge in [-0.2, -0.15) is 30.7 Å². The number of amides is 4. The third kappa shape index (κ3) is 7.34. The second-order valence-corrected chi connectivity index (χ2v) is 11.4. The Hall–Kier alpha value is -4.02. The molecule has 4 amide bonds. The number of hydrogen-bond donors (Lipinski definition) is 2. The zero-order valence-electron chi connectivity index (χ0n) is 25.2. The molecule has 254 valence electrons. The summed E-state index contributed by atoms with van der Waals surface area (Å²) in [5.41, 5.74) is -0.189. The standard InChI is InChI=1S/C29H33F7N4O6/c1-15(2)20(37-23(42)17-5-7-18(8-6-17)26(45)39-11-13-46-14-12-39)25(44)38-24(43)19-9-10-40(19)21(16(3)4)22(41)27(30,31)28(32,33)29(34,35)36/h5-9,15-16,20-21H,10-14H2,1-4H3,(H,37,42)(H,38,43,44)/t20-,21?/m0/s1. The van der Waals surface area contributed by atoms with Crippen LogP contribution in [0.2, 0.25) is 0 Å². The highest BCUT2D eigenvalue weighted by atomic mass is 19.4. The number of hydrogen-bond acceptors (Lipinski definition) is 7. The molecule has 10 nitrogen and oxygen atoms in total. The zero-order valence-corrected chi connectivity index (χ0v) is 25.2. The van der Waals surface area contributed by atoms with Gasteiger partial charge in [0, 0.05) is 30.8 Å². The predicted molar refractivity (Wildman–Crippen MR) is 147 cm³/mol. The first-order valence-electron chi connectivity index (χ1n) is 14.2. The van der Waals surface area contributed by atoms with Crippen LogP contribution in [0.5, 0.6) is 0 Å².